The van der Waals surface area contributed by atoms with Crippen LogP contribution in [0.4, 0.5) is 0 Å². The van der Waals surface area contributed by atoms with E-state index in [2.05, 4.69) is 3.53 Å². The van der Waals surface area contributed by atoms with E-state index < -0.39 is 15.3 Å². The Balaban J connectivity index is 0. The maximum atomic E-state index is 10.5. The molecule has 0 amide bonds. The Morgan fingerprint density at radius 1 is 1.70 bits per heavy atom. The predicted molar refractivity (Wildman–Crippen MR) is 51.8 cm³/mol. The van der Waals surface area contributed by atoms with E-state index in [9.17, 15) is 8.42 Å². The molecule has 0 aliphatic heterocycles. The Morgan fingerprint density at radius 3 is 2.20 bits per heavy atom. The fourth-order valence-electron chi connectivity index (χ4n) is 0.225. The van der Waals surface area contributed by atoms with Crippen LogP contribution in [-0.2, 0) is 10.0 Å². The molecule has 0 heterocycles. The van der Waals surface area contributed by atoms with Gasteiger partial charge in [0, 0.05) is 29.4 Å². The molecular weight excluding hydrogens is 290 g/mol. The molecule has 0 rings (SSSR count). The number of rotatable bonds is 3. The minimum Gasteiger partial charge on any atom is -0.260 e. The maximum absolute atomic E-state index is 10.5. The number of sulfonamides is 1. The van der Waals surface area contributed by atoms with E-state index in [4.69, 9.17) is 5.14 Å². The van der Waals surface area contributed by atoms with Gasteiger partial charge in [-0.05, 0) is 6.92 Å². The van der Waals surface area contributed by atoms with Gasteiger partial charge in [0.05, 0.1) is 5.25 Å². The lowest BCUT2D eigenvalue weighted by atomic mass is 10.5. The number of nitrogens with two attached hydrogens (primary N) is 1. The molecule has 0 fully saturated rings. The molecule has 0 aromatic rings. The fraction of sp³-hybridized carbons (Fsp3) is 1.00. The minimum atomic E-state index is -3.33. The highest BCUT2D eigenvalue weighted by Crippen LogP contribution is 1.92. The SMILES string of the molecule is CC(CNI)S(N)(=O)=O.Cl. The standard InChI is InChI=1S/C3H9IN2O2S.ClH/c1-3(2-6-4)9(5,7)8;/h3,6H,2H2,1H3,(H2,5,7,8);1H. The number of nitrogens with one attached hydrogen (secondary N) is 1. The zero-order valence-corrected chi connectivity index (χ0v) is 9.16. The summed E-state index contributed by atoms with van der Waals surface area (Å²) in [5.74, 6) is 0. The van der Waals surface area contributed by atoms with Crippen LogP contribution in [0.5, 0.6) is 0 Å². The molecule has 0 aliphatic carbocycles. The van der Waals surface area contributed by atoms with Crippen molar-refractivity contribution in [1.29, 1.82) is 0 Å². The van der Waals surface area contributed by atoms with E-state index in [0.717, 1.165) is 0 Å². The predicted octanol–water partition coefficient (Wildman–Crippen LogP) is 0.0248. The largest absolute Gasteiger partial charge is 0.260 e. The van der Waals surface area contributed by atoms with Gasteiger partial charge in [-0.2, -0.15) is 0 Å². The Morgan fingerprint density at radius 2 is 2.10 bits per heavy atom. The molecule has 4 nitrogen and oxygen atoms in total. The third kappa shape index (κ3) is 5.66. The van der Waals surface area contributed by atoms with Crippen molar-refractivity contribution in [3.8, 4) is 0 Å². The van der Waals surface area contributed by atoms with Crippen molar-refractivity contribution in [2.24, 2.45) is 5.14 Å². The number of hydrogen-bond donors (Lipinski definition) is 2. The summed E-state index contributed by atoms with van der Waals surface area (Å²) in [6, 6.07) is 0. The zero-order valence-electron chi connectivity index (χ0n) is 5.37. The van der Waals surface area contributed by atoms with Crippen molar-refractivity contribution < 1.29 is 8.42 Å². The molecule has 0 spiro atoms. The summed E-state index contributed by atoms with van der Waals surface area (Å²) in [5.41, 5.74) is 0. The van der Waals surface area contributed by atoms with Gasteiger partial charge in [-0.3, -0.25) is 3.53 Å². The molecule has 0 saturated carbocycles. The summed E-state index contributed by atoms with van der Waals surface area (Å²) in [7, 11) is -3.33. The Kier molecular flexibility index (Phi) is 7.45. The van der Waals surface area contributed by atoms with Crippen molar-refractivity contribution in [2.45, 2.75) is 12.2 Å². The van der Waals surface area contributed by atoms with Crippen LogP contribution in [0.3, 0.4) is 0 Å². The van der Waals surface area contributed by atoms with Crippen molar-refractivity contribution >= 4 is 45.3 Å². The highest BCUT2D eigenvalue weighted by molar-refractivity contribution is 14.1. The summed E-state index contributed by atoms with van der Waals surface area (Å²) < 4.78 is 23.6. The first-order valence-electron chi connectivity index (χ1n) is 2.33. The zero-order chi connectivity index (χ0) is 7.49. The first-order chi connectivity index (χ1) is 3.98. The van der Waals surface area contributed by atoms with Gasteiger partial charge in [0.1, 0.15) is 0 Å². The summed E-state index contributed by atoms with van der Waals surface area (Å²) in [4.78, 5) is 0. The van der Waals surface area contributed by atoms with Crippen LogP contribution in [0.1, 0.15) is 6.92 Å². The van der Waals surface area contributed by atoms with Crippen LogP contribution in [-0.4, -0.2) is 20.2 Å². The molecule has 1 unspecified atom stereocenters. The van der Waals surface area contributed by atoms with Crippen LogP contribution in [0.25, 0.3) is 0 Å². The van der Waals surface area contributed by atoms with Gasteiger partial charge >= 0.3 is 0 Å². The Hall–Kier alpha value is 0.890. The molecule has 0 aliphatic rings. The van der Waals surface area contributed by atoms with E-state index >= 15 is 0 Å². The van der Waals surface area contributed by atoms with Gasteiger partial charge in [-0.1, -0.05) is 0 Å². The topological polar surface area (TPSA) is 72.2 Å². The minimum absolute atomic E-state index is 0. The maximum Gasteiger partial charge on any atom is 0.212 e. The van der Waals surface area contributed by atoms with Gasteiger partial charge in [0.15, 0.2) is 0 Å². The molecule has 0 bridgehead atoms. The normalized spacial score (nSPS) is 13.9. The van der Waals surface area contributed by atoms with Gasteiger partial charge in [0.25, 0.3) is 0 Å². The first-order valence-corrected chi connectivity index (χ1v) is 5.02. The molecular formula is C3H10ClIN2O2S. The number of primary sulfonamides is 1. The van der Waals surface area contributed by atoms with Crippen LogP contribution < -0.4 is 8.67 Å². The lowest BCUT2D eigenvalue weighted by molar-refractivity contribution is 0.585. The molecule has 1 atom stereocenters. The Bertz CT molecular complexity index is 171. The van der Waals surface area contributed by atoms with E-state index in [1.165, 1.54) is 0 Å². The third-order valence-electron chi connectivity index (χ3n) is 0.925. The van der Waals surface area contributed by atoms with Gasteiger partial charge in [-0.15, -0.1) is 12.4 Å². The van der Waals surface area contributed by atoms with Crippen molar-refractivity contribution in [1.82, 2.24) is 3.53 Å². The molecule has 10 heavy (non-hydrogen) atoms. The van der Waals surface area contributed by atoms with Crippen LogP contribution in [0.2, 0.25) is 0 Å². The van der Waals surface area contributed by atoms with Crippen LogP contribution in [0.15, 0.2) is 0 Å². The molecule has 0 aromatic heterocycles. The second kappa shape index (κ2) is 5.53. The summed E-state index contributed by atoms with van der Waals surface area (Å²) in [6.07, 6.45) is 0. The van der Waals surface area contributed by atoms with Gasteiger partial charge in [-0.25, -0.2) is 13.6 Å². The summed E-state index contributed by atoms with van der Waals surface area (Å²) in [5, 5.41) is 4.29. The molecule has 64 valence electrons. The highest BCUT2D eigenvalue weighted by atomic mass is 127. The molecule has 0 aromatic carbocycles. The van der Waals surface area contributed by atoms with E-state index in [-0.39, 0.29) is 12.4 Å². The molecule has 0 radical (unpaired) electrons. The summed E-state index contributed by atoms with van der Waals surface area (Å²) >= 11 is 1.87. The lowest BCUT2D eigenvalue weighted by Gasteiger charge is -2.04. The number of hydrogen-bond acceptors (Lipinski definition) is 3. The smallest absolute Gasteiger partial charge is 0.212 e. The Labute approximate surface area is 80.9 Å². The van der Waals surface area contributed by atoms with E-state index in [1.807, 2.05) is 22.9 Å². The number of halogens is 2. The van der Waals surface area contributed by atoms with Gasteiger partial charge in [0.2, 0.25) is 10.0 Å². The average molecular weight is 301 g/mol. The first kappa shape index (κ1) is 13.5. The highest BCUT2D eigenvalue weighted by Gasteiger charge is 2.13. The quantitative estimate of drug-likeness (QED) is 0.570. The fourth-order valence-corrected chi connectivity index (χ4v) is 1.50. The molecule has 3 N–H and O–H groups in total. The van der Waals surface area contributed by atoms with Crippen LogP contribution >= 0.6 is 35.3 Å². The average Bonchev–Trinajstić information content (AvgIpc) is 1.64. The van der Waals surface area contributed by atoms with Crippen molar-refractivity contribution in [3.05, 3.63) is 0 Å². The van der Waals surface area contributed by atoms with E-state index in [1.54, 1.807) is 6.92 Å². The lowest BCUT2D eigenvalue weighted by Crippen LogP contribution is -2.32. The third-order valence-corrected chi connectivity index (χ3v) is 2.65. The monoisotopic (exact) mass is 300 g/mol. The second-order valence-electron chi connectivity index (χ2n) is 1.74. The molecule has 0 saturated heterocycles. The van der Waals surface area contributed by atoms with Crippen molar-refractivity contribution in [2.75, 3.05) is 6.54 Å². The van der Waals surface area contributed by atoms with Gasteiger partial charge < -0.3 is 0 Å². The van der Waals surface area contributed by atoms with E-state index in [0.29, 0.717) is 6.54 Å². The van der Waals surface area contributed by atoms with Crippen molar-refractivity contribution in [3.63, 3.8) is 0 Å². The summed E-state index contributed by atoms with van der Waals surface area (Å²) in [6.45, 7) is 1.94. The second-order valence-corrected chi connectivity index (χ2v) is 4.48. The molecule has 7 heteroatoms. The van der Waals surface area contributed by atoms with Crippen LogP contribution in [0, 0.1) is 0 Å².